The minimum absolute atomic E-state index is 0.0172. The molecule has 0 aromatic carbocycles. The average molecular weight is 830 g/mol. The molecule has 10 N–H and O–H groups in total. The Kier molecular flexibility index (Phi) is 13.8. The third-order valence-corrected chi connectivity index (χ3v) is 11.5. The number of unbranched alkanes of at least 4 members (excludes halogenated alkanes) is 3. The van der Waals surface area contributed by atoms with E-state index in [0.29, 0.717) is 6.42 Å². The van der Waals surface area contributed by atoms with Crippen molar-refractivity contribution in [1.29, 1.82) is 0 Å². The number of carbonyl (C=O) groups excluding carboxylic acids is 1. The van der Waals surface area contributed by atoms with Crippen molar-refractivity contribution in [1.82, 2.24) is 24.4 Å². The third kappa shape index (κ3) is 10.6. The second kappa shape index (κ2) is 17.6. The molecule has 5 heterocycles. The molecule has 3 aliphatic heterocycles. The Labute approximate surface area is 307 Å². The summed E-state index contributed by atoms with van der Waals surface area (Å²) in [6.45, 7) is 0.367. The minimum atomic E-state index is -5.52. The minimum Gasteiger partial charge on any atom is -0.387 e. The van der Waals surface area contributed by atoms with Gasteiger partial charge in [0.2, 0.25) is 5.91 Å². The molecule has 27 heteroatoms. The summed E-state index contributed by atoms with van der Waals surface area (Å²) >= 11 is 0. The van der Waals surface area contributed by atoms with Crippen LogP contribution in [0.5, 0.6) is 0 Å². The molecule has 5 rings (SSSR count). The predicted octanol–water partition coefficient (Wildman–Crippen LogP) is 0.0352. The highest BCUT2D eigenvalue weighted by molar-refractivity contribution is 7.61. The van der Waals surface area contributed by atoms with Crippen LogP contribution in [-0.4, -0.2) is 123 Å². The van der Waals surface area contributed by atoms with Gasteiger partial charge in [0.25, 0.3) is 0 Å². The lowest BCUT2D eigenvalue weighted by Crippen LogP contribution is -2.41. The maximum atomic E-state index is 12.9. The number of aliphatic hydroxyl groups excluding tert-OH is 2. The number of carbonyl (C=O) groups is 1. The summed E-state index contributed by atoms with van der Waals surface area (Å²) in [7, 11) is -16.2. The van der Waals surface area contributed by atoms with E-state index in [0.717, 1.165) is 36.5 Å². The number of phosphoric ester groups is 3. The molecule has 24 nitrogen and oxygen atoms in total. The van der Waals surface area contributed by atoms with Crippen molar-refractivity contribution in [2.24, 2.45) is 5.73 Å². The largest absolute Gasteiger partial charge is 0.481 e. The Balaban J connectivity index is 1.23. The molecule has 0 saturated carbocycles. The number of imidazole rings is 1. The number of hydrogen-bond acceptors (Lipinski definition) is 18. The number of nitrogen functional groups attached to an aromatic ring is 1. The number of nitrogens with two attached hydrogens (primary N) is 2. The van der Waals surface area contributed by atoms with E-state index < -0.39 is 91.7 Å². The molecular weight excluding hydrogens is 787 g/mol. The first-order chi connectivity index (χ1) is 25.4. The Morgan fingerprint density at radius 3 is 2.30 bits per heavy atom. The van der Waals surface area contributed by atoms with Crippen LogP contribution < -0.4 is 11.5 Å². The number of fused-ring (bicyclic) bond motifs is 1. The molecular formula is C27H42N7O17P3. The van der Waals surface area contributed by atoms with Gasteiger partial charge in [-0.15, -0.1) is 0 Å². The average Bonchev–Trinajstić information content (AvgIpc) is 3.75. The van der Waals surface area contributed by atoms with E-state index in [4.69, 9.17) is 39.2 Å². The molecule has 3 aliphatic rings. The smallest absolute Gasteiger partial charge is 0.387 e. The standard InChI is InChI=1S/C27H42N7O17P3/c1-2-3-4-5-9-45-21-17(49-26(20(21)36)33-8-6-7-15(10-33)24(29)37)12-47-54(43,44)51-53(41,42)46-11-16-19(35)22(50-52(38,39)40)27(48-16)34-14-32-18-23(28)30-13-31-25(18)34/h6,8,10,13-14,16-17,19-22,26-27,35-36H,2-5,7,9,11-12H2,1H3,(H2,29,37)(H,41,42)(H,43,44)(H2,28,30,31)(H2,38,39,40)/t16-,17-,19-,20-,21-,22-,26-,27-/m1/s1. The number of aliphatic hydroxyl groups is 2. The van der Waals surface area contributed by atoms with E-state index in [-0.39, 0.29) is 35.6 Å². The SMILES string of the molecule is CCCCCCO[C@H]1[C@@H](O)[C@H](N2C=CCC(C(N)=O)=C2)O[C@@H]1COP(=O)(O)OP(=O)(O)OC[C@H]1O[C@@H](n2cnc3c(N)ncnc32)[C@H](OP(=O)(O)O)[C@@H]1O. The summed E-state index contributed by atoms with van der Waals surface area (Å²) in [4.78, 5) is 64.6. The highest BCUT2D eigenvalue weighted by Crippen LogP contribution is 2.61. The fourth-order valence-electron chi connectivity index (χ4n) is 5.87. The zero-order chi connectivity index (χ0) is 39.4. The van der Waals surface area contributed by atoms with Gasteiger partial charge in [-0.2, -0.15) is 4.31 Å². The van der Waals surface area contributed by atoms with Crippen LogP contribution in [0.4, 0.5) is 5.82 Å². The van der Waals surface area contributed by atoms with E-state index in [2.05, 4.69) is 19.3 Å². The van der Waals surface area contributed by atoms with Crippen molar-refractivity contribution >= 4 is 46.4 Å². The molecule has 2 saturated heterocycles. The van der Waals surface area contributed by atoms with Crippen LogP contribution in [0.3, 0.4) is 0 Å². The summed E-state index contributed by atoms with van der Waals surface area (Å²) < 4.78 is 74.9. The highest BCUT2D eigenvalue weighted by Gasteiger charge is 2.51. The van der Waals surface area contributed by atoms with Crippen LogP contribution in [-0.2, 0) is 50.6 Å². The van der Waals surface area contributed by atoms with Crippen molar-refractivity contribution in [3.05, 3.63) is 36.7 Å². The zero-order valence-electron chi connectivity index (χ0n) is 28.6. The van der Waals surface area contributed by atoms with Crippen molar-refractivity contribution < 1.29 is 80.4 Å². The molecule has 10 atom stereocenters. The molecule has 0 bridgehead atoms. The lowest BCUT2D eigenvalue weighted by molar-refractivity contribution is -0.115. The number of aromatic nitrogens is 4. The number of rotatable bonds is 19. The Bertz CT molecular complexity index is 1840. The van der Waals surface area contributed by atoms with Crippen LogP contribution >= 0.6 is 23.5 Å². The molecule has 302 valence electrons. The number of allylic oxidation sites excluding steroid dienone is 1. The summed E-state index contributed by atoms with van der Waals surface area (Å²) in [5.41, 5.74) is 11.5. The van der Waals surface area contributed by atoms with E-state index in [1.54, 1.807) is 6.08 Å². The lowest BCUT2D eigenvalue weighted by atomic mass is 10.1. The van der Waals surface area contributed by atoms with Crippen LogP contribution in [0.1, 0.15) is 45.3 Å². The van der Waals surface area contributed by atoms with Crippen LogP contribution in [0.15, 0.2) is 36.7 Å². The van der Waals surface area contributed by atoms with Crippen LogP contribution in [0.2, 0.25) is 0 Å². The predicted molar refractivity (Wildman–Crippen MR) is 181 cm³/mol. The second-order valence-electron chi connectivity index (χ2n) is 12.3. The third-order valence-electron chi connectivity index (χ3n) is 8.39. The number of phosphoric acid groups is 3. The van der Waals surface area contributed by atoms with Gasteiger partial charge in [-0.05, 0) is 12.8 Å². The molecule has 0 radical (unpaired) electrons. The maximum Gasteiger partial charge on any atom is 0.481 e. The second-order valence-corrected chi connectivity index (χ2v) is 16.6. The summed E-state index contributed by atoms with van der Waals surface area (Å²) in [6, 6.07) is 0. The molecule has 2 unspecified atom stereocenters. The lowest BCUT2D eigenvalue weighted by Gasteiger charge is -2.29. The number of primary amides is 1. The first kappa shape index (κ1) is 42.4. The van der Waals surface area contributed by atoms with Gasteiger partial charge in [0, 0.05) is 24.6 Å². The fourth-order valence-corrected chi connectivity index (χ4v) is 8.51. The molecule has 0 spiro atoms. The molecule has 2 aromatic rings. The van der Waals surface area contributed by atoms with Gasteiger partial charge < -0.3 is 60.4 Å². The van der Waals surface area contributed by atoms with Gasteiger partial charge in [-0.3, -0.25) is 22.9 Å². The van der Waals surface area contributed by atoms with Gasteiger partial charge in [0.15, 0.2) is 23.9 Å². The van der Waals surface area contributed by atoms with Crippen molar-refractivity contribution in [3.8, 4) is 0 Å². The molecule has 54 heavy (non-hydrogen) atoms. The molecule has 2 fully saturated rings. The topological polar surface area (TPSA) is 353 Å². The van der Waals surface area contributed by atoms with E-state index >= 15 is 0 Å². The Morgan fingerprint density at radius 1 is 0.944 bits per heavy atom. The number of amides is 1. The van der Waals surface area contributed by atoms with Crippen molar-refractivity contribution in [2.45, 2.75) is 88.1 Å². The van der Waals surface area contributed by atoms with E-state index in [1.165, 1.54) is 17.3 Å². The summed E-state index contributed by atoms with van der Waals surface area (Å²) in [5, 5.41) is 22.0. The monoisotopic (exact) mass is 829 g/mol. The molecule has 2 aromatic heterocycles. The maximum absolute atomic E-state index is 12.9. The van der Waals surface area contributed by atoms with Crippen molar-refractivity contribution in [3.63, 3.8) is 0 Å². The van der Waals surface area contributed by atoms with Crippen molar-refractivity contribution in [2.75, 3.05) is 25.6 Å². The number of hydrogen-bond donors (Lipinski definition) is 8. The van der Waals surface area contributed by atoms with Crippen LogP contribution in [0, 0.1) is 0 Å². The first-order valence-corrected chi connectivity index (χ1v) is 21.0. The van der Waals surface area contributed by atoms with Gasteiger partial charge in [0.05, 0.1) is 19.5 Å². The molecule has 1 amide bonds. The highest BCUT2D eigenvalue weighted by atomic mass is 31.3. The first-order valence-electron chi connectivity index (χ1n) is 16.5. The quantitative estimate of drug-likeness (QED) is 0.0684. The van der Waals surface area contributed by atoms with Gasteiger partial charge in [-0.25, -0.2) is 28.6 Å². The Hall–Kier alpha value is -2.73. The van der Waals surface area contributed by atoms with Gasteiger partial charge in [-0.1, -0.05) is 32.3 Å². The van der Waals surface area contributed by atoms with E-state index in [1.807, 2.05) is 6.92 Å². The van der Waals surface area contributed by atoms with E-state index in [9.17, 15) is 48.3 Å². The van der Waals surface area contributed by atoms with Gasteiger partial charge >= 0.3 is 23.5 Å². The fraction of sp³-hybridized carbons (Fsp3) is 0.630. The van der Waals surface area contributed by atoms with Gasteiger partial charge in [0.1, 0.15) is 48.5 Å². The number of ether oxygens (including phenoxy) is 3. The Morgan fingerprint density at radius 2 is 1.63 bits per heavy atom. The summed E-state index contributed by atoms with van der Waals surface area (Å²) in [6.07, 6.45) is -1.52. The zero-order valence-corrected chi connectivity index (χ0v) is 31.3. The molecule has 0 aliphatic carbocycles. The van der Waals surface area contributed by atoms with Crippen LogP contribution in [0.25, 0.3) is 11.2 Å². The number of anilines is 1. The summed E-state index contributed by atoms with van der Waals surface area (Å²) in [5.74, 6) is -0.736. The number of nitrogens with zero attached hydrogens (tertiary/aromatic N) is 5. The normalized spacial score (nSPS) is 29.7.